The van der Waals surface area contributed by atoms with E-state index in [4.69, 9.17) is 10.2 Å². The predicted molar refractivity (Wildman–Crippen MR) is 78.3 cm³/mol. The summed E-state index contributed by atoms with van der Waals surface area (Å²) in [5.74, 6) is -0.301. The van der Waals surface area contributed by atoms with E-state index in [0.29, 0.717) is 17.5 Å². The Morgan fingerprint density at radius 2 is 2.10 bits per heavy atom. The number of rotatable bonds is 2. The van der Waals surface area contributed by atoms with Crippen LogP contribution in [0.1, 0.15) is 27.2 Å². The van der Waals surface area contributed by atoms with Crippen molar-refractivity contribution in [2.24, 2.45) is 16.1 Å². The standard InChI is InChI=1S/C14H18N4O2/c1-14(2,3)8-11(19)17-12(15)18-13-16-9-6-4-5-7-10(9)20-13/h4-7H,8H2,1-3H3,(H3,15,16,17,18,19). The highest BCUT2D eigenvalue weighted by Crippen LogP contribution is 2.19. The summed E-state index contributed by atoms with van der Waals surface area (Å²) in [7, 11) is 0. The number of hydrogen-bond acceptors (Lipinski definition) is 3. The van der Waals surface area contributed by atoms with Gasteiger partial charge in [-0.25, -0.2) is 0 Å². The number of hydrogen-bond donors (Lipinski definition) is 2. The number of benzene rings is 1. The van der Waals surface area contributed by atoms with Crippen molar-refractivity contribution < 1.29 is 9.21 Å². The number of carbonyl (C=O) groups excluding carboxylic acids is 1. The van der Waals surface area contributed by atoms with Gasteiger partial charge in [-0.2, -0.15) is 9.98 Å². The molecule has 0 unspecified atom stereocenters. The molecule has 20 heavy (non-hydrogen) atoms. The average Bonchev–Trinajstić information content (AvgIpc) is 2.67. The number of para-hydroxylation sites is 2. The number of oxazole rings is 1. The molecular weight excluding hydrogens is 256 g/mol. The van der Waals surface area contributed by atoms with E-state index in [9.17, 15) is 4.79 Å². The van der Waals surface area contributed by atoms with Crippen molar-refractivity contribution in [1.29, 1.82) is 0 Å². The van der Waals surface area contributed by atoms with Gasteiger partial charge in [-0.15, -0.1) is 0 Å². The highest BCUT2D eigenvalue weighted by Gasteiger charge is 2.16. The Kier molecular flexibility index (Phi) is 3.74. The molecule has 0 atom stereocenters. The Bertz CT molecular complexity index is 619. The molecule has 106 valence electrons. The van der Waals surface area contributed by atoms with Gasteiger partial charge in [0.1, 0.15) is 5.52 Å². The predicted octanol–water partition coefficient (Wildman–Crippen LogP) is 2.52. The van der Waals surface area contributed by atoms with Crippen molar-refractivity contribution in [2.45, 2.75) is 27.2 Å². The van der Waals surface area contributed by atoms with Crippen LogP contribution in [0, 0.1) is 5.41 Å². The number of nitrogens with zero attached hydrogens (tertiary/aromatic N) is 2. The SMILES string of the molecule is CC(C)(C)CC(=O)/N=C(\N)Nc1nc2ccccc2o1. The molecule has 1 aromatic heterocycles. The van der Waals surface area contributed by atoms with E-state index < -0.39 is 0 Å². The van der Waals surface area contributed by atoms with Crippen LogP contribution in [0.3, 0.4) is 0 Å². The zero-order valence-corrected chi connectivity index (χ0v) is 11.8. The van der Waals surface area contributed by atoms with Gasteiger partial charge in [0.15, 0.2) is 5.58 Å². The lowest BCUT2D eigenvalue weighted by molar-refractivity contribution is -0.119. The van der Waals surface area contributed by atoms with Crippen LogP contribution >= 0.6 is 0 Å². The Morgan fingerprint density at radius 1 is 1.40 bits per heavy atom. The monoisotopic (exact) mass is 274 g/mol. The largest absolute Gasteiger partial charge is 0.423 e. The first kappa shape index (κ1) is 14.0. The number of aliphatic imine (C=N–C) groups is 1. The normalized spacial score (nSPS) is 12.7. The maximum Gasteiger partial charge on any atom is 0.302 e. The first-order valence-corrected chi connectivity index (χ1v) is 6.33. The van der Waals surface area contributed by atoms with E-state index in [1.165, 1.54) is 0 Å². The van der Waals surface area contributed by atoms with Gasteiger partial charge in [0.2, 0.25) is 11.9 Å². The van der Waals surface area contributed by atoms with E-state index in [-0.39, 0.29) is 23.3 Å². The van der Waals surface area contributed by atoms with Crippen LogP contribution in [-0.2, 0) is 4.79 Å². The molecule has 0 bridgehead atoms. The molecule has 6 nitrogen and oxygen atoms in total. The summed E-state index contributed by atoms with van der Waals surface area (Å²) in [5.41, 5.74) is 6.89. The minimum absolute atomic E-state index is 0.0224. The van der Waals surface area contributed by atoms with E-state index in [1.54, 1.807) is 6.07 Å². The number of guanidine groups is 1. The smallest absolute Gasteiger partial charge is 0.302 e. The van der Waals surface area contributed by atoms with Crippen LogP contribution in [0.5, 0.6) is 0 Å². The number of nitrogens with two attached hydrogens (primary N) is 1. The van der Waals surface area contributed by atoms with Crippen LogP contribution in [-0.4, -0.2) is 16.9 Å². The molecule has 0 aliphatic rings. The van der Waals surface area contributed by atoms with Crippen LogP contribution in [0.4, 0.5) is 6.01 Å². The lowest BCUT2D eigenvalue weighted by atomic mass is 9.92. The third-order valence-electron chi connectivity index (χ3n) is 2.46. The molecule has 0 aliphatic carbocycles. The van der Waals surface area contributed by atoms with Crippen LogP contribution in [0.2, 0.25) is 0 Å². The highest BCUT2D eigenvalue weighted by molar-refractivity contribution is 5.99. The molecule has 3 N–H and O–H groups in total. The Morgan fingerprint density at radius 3 is 2.75 bits per heavy atom. The average molecular weight is 274 g/mol. The van der Waals surface area contributed by atoms with E-state index in [1.807, 2.05) is 39.0 Å². The van der Waals surface area contributed by atoms with Crippen molar-refractivity contribution in [3.63, 3.8) is 0 Å². The van der Waals surface area contributed by atoms with Crippen molar-refractivity contribution >= 4 is 29.0 Å². The summed E-state index contributed by atoms with van der Waals surface area (Å²) in [6, 6.07) is 7.55. The highest BCUT2D eigenvalue weighted by atomic mass is 16.4. The molecule has 0 radical (unpaired) electrons. The molecule has 6 heteroatoms. The van der Waals surface area contributed by atoms with Crippen LogP contribution in [0.25, 0.3) is 11.1 Å². The molecule has 1 amide bonds. The summed E-state index contributed by atoms with van der Waals surface area (Å²) in [6.07, 6.45) is 0.322. The van der Waals surface area contributed by atoms with Gasteiger partial charge in [0.05, 0.1) is 0 Å². The second kappa shape index (κ2) is 5.32. The van der Waals surface area contributed by atoms with Gasteiger partial charge >= 0.3 is 6.01 Å². The van der Waals surface area contributed by atoms with Gasteiger partial charge in [-0.1, -0.05) is 32.9 Å². The molecule has 0 saturated carbocycles. The minimum atomic E-state index is -0.279. The number of carbonyl (C=O) groups is 1. The second-order valence-corrected chi connectivity index (χ2v) is 5.74. The fourth-order valence-electron chi connectivity index (χ4n) is 1.69. The zero-order valence-electron chi connectivity index (χ0n) is 11.8. The first-order valence-electron chi connectivity index (χ1n) is 6.33. The number of nitrogens with one attached hydrogen (secondary N) is 1. The van der Waals surface area contributed by atoms with Crippen molar-refractivity contribution in [3.05, 3.63) is 24.3 Å². The van der Waals surface area contributed by atoms with Gasteiger partial charge in [-0.3, -0.25) is 10.1 Å². The number of amides is 1. The number of aromatic nitrogens is 1. The Balaban J connectivity index is 2.07. The van der Waals surface area contributed by atoms with Crippen molar-refractivity contribution in [2.75, 3.05) is 5.32 Å². The summed E-state index contributed by atoms with van der Waals surface area (Å²) in [4.78, 5) is 19.6. The van der Waals surface area contributed by atoms with E-state index in [2.05, 4.69) is 15.3 Å². The second-order valence-electron chi connectivity index (χ2n) is 5.74. The molecule has 0 aliphatic heterocycles. The first-order chi connectivity index (χ1) is 9.33. The van der Waals surface area contributed by atoms with Gasteiger partial charge in [0.25, 0.3) is 0 Å². The lowest BCUT2D eigenvalue weighted by Gasteiger charge is -2.14. The molecule has 0 saturated heterocycles. The number of fused-ring (bicyclic) bond motifs is 1. The molecule has 2 rings (SSSR count). The van der Waals surface area contributed by atoms with Crippen molar-refractivity contribution in [3.8, 4) is 0 Å². The van der Waals surface area contributed by atoms with Gasteiger partial charge < -0.3 is 10.2 Å². The summed E-state index contributed by atoms with van der Waals surface area (Å²) >= 11 is 0. The summed E-state index contributed by atoms with van der Waals surface area (Å²) < 4.78 is 5.43. The quantitative estimate of drug-likeness (QED) is 0.648. The van der Waals surface area contributed by atoms with E-state index in [0.717, 1.165) is 0 Å². The van der Waals surface area contributed by atoms with Crippen LogP contribution < -0.4 is 11.1 Å². The zero-order chi connectivity index (χ0) is 14.8. The molecule has 1 heterocycles. The summed E-state index contributed by atoms with van der Waals surface area (Å²) in [6.45, 7) is 5.89. The van der Waals surface area contributed by atoms with Gasteiger partial charge in [0, 0.05) is 6.42 Å². The van der Waals surface area contributed by atoms with Crippen molar-refractivity contribution in [1.82, 2.24) is 4.98 Å². The molecule has 0 spiro atoms. The molecular formula is C14H18N4O2. The van der Waals surface area contributed by atoms with Crippen LogP contribution in [0.15, 0.2) is 33.7 Å². The maximum absolute atomic E-state index is 11.7. The molecule has 1 aromatic carbocycles. The molecule has 2 aromatic rings. The number of anilines is 1. The summed E-state index contributed by atoms with van der Waals surface area (Å²) in [5, 5.41) is 2.68. The van der Waals surface area contributed by atoms with Gasteiger partial charge in [-0.05, 0) is 17.5 Å². The lowest BCUT2D eigenvalue weighted by Crippen LogP contribution is -2.25. The maximum atomic E-state index is 11.7. The fraction of sp³-hybridized carbons (Fsp3) is 0.357. The topological polar surface area (TPSA) is 93.5 Å². The Labute approximate surface area is 117 Å². The minimum Gasteiger partial charge on any atom is -0.423 e. The Hall–Kier alpha value is -2.37. The van der Waals surface area contributed by atoms with E-state index >= 15 is 0 Å². The molecule has 0 fully saturated rings. The fourth-order valence-corrected chi connectivity index (χ4v) is 1.69. The third kappa shape index (κ3) is 3.81. The third-order valence-corrected chi connectivity index (χ3v) is 2.46.